The molecule has 1 saturated carbocycles. The van der Waals surface area contributed by atoms with Crippen LogP contribution in [0.25, 0.3) is 21.6 Å². The predicted molar refractivity (Wildman–Crippen MR) is 146 cm³/mol. The molecule has 5 nitrogen and oxygen atoms in total. The number of nitrogens with one attached hydrogen (secondary N) is 1. The molecule has 2 aromatic heterocycles. The molecule has 0 radical (unpaired) electrons. The summed E-state index contributed by atoms with van der Waals surface area (Å²) in [5.74, 6) is -0.149. The number of esters is 1. The molecular formula is C29H26FNO4S2. The lowest BCUT2D eigenvalue weighted by Gasteiger charge is -2.15. The summed E-state index contributed by atoms with van der Waals surface area (Å²) in [6, 6.07) is 20.8. The molecule has 0 unspecified atom stereocenters. The summed E-state index contributed by atoms with van der Waals surface area (Å²) in [7, 11) is 0. The summed E-state index contributed by atoms with van der Waals surface area (Å²) in [5.41, 5.74) is 3.65. The van der Waals surface area contributed by atoms with Crippen molar-refractivity contribution in [3.8, 4) is 21.6 Å². The highest BCUT2D eigenvalue weighted by Crippen LogP contribution is 2.49. The second-order valence-corrected chi connectivity index (χ2v) is 10.9. The van der Waals surface area contributed by atoms with Crippen molar-refractivity contribution in [1.82, 2.24) is 0 Å². The van der Waals surface area contributed by atoms with Crippen molar-refractivity contribution in [2.24, 2.45) is 0 Å². The van der Waals surface area contributed by atoms with E-state index in [0.717, 1.165) is 51.3 Å². The van der Waals surface area contributed by atoms with E-state index < -0.39 is 22.7 Å². The van der Waals surface area contributed by atoms with Gasteiger partial charge in [0.05, 0.1) is 22.6 Å². The van der Waals surface area contributed by atoms with Crippen molar-refractivity contribution in [2.75, 3.05) is 11.9 Å². The SMILES string of the molecule is CCOC(=O)C1(c2ccc(-c3ccc(-c4sc(F)cc4NC(=O)O[C@H](C)c4cccs4)cc3)cc2)CC1. The van der Waals surface area contributed by atoms with Gasteiger partial charge in [-0.25, -0.2) is 4.79 Å². The van der Waals surface area contributed by atoms with Crippen LogP contribution in [0.4, 0.5) is 14.9 Å². The smallest absolute Gasteiger partial charge is 0.412 e. The Kier molecular flexibility index (Phi) is 7.13. The molecule has 1 aliphatic carbocycles. The van der Waals surface area contributed by atoms with E-state index in [0.29, 0.717) is 17.2 Å². The third-order valence-electron chi connectivity index (χ3n) is 6.50. The van der Waals surface area contributed by atoms with Gasteiger partial charge in [-0.15, -0.1) is 22.7 Å². The maximum absolute atomic E-state index is 14.2. The van der Waals surface area contributed by atoms with E-state index in [9.17, 15) is 14.0 Å². The molecule has 2 aromatic carbocycles. The first kappa shape index (κ1) is 25.2. The Bertz CT molecular complexity index is 1390. The molecule has 1 fully saturated rings. The van der Waals surface area contributed by atoms with Gasteiger partial charge >= 0.3 is 12.1 Å². The number of halogens is 1. The maximum atomic E-state index is 14.2. The van der Waals surface area contributed by atoms with Crippen molar-refractivity contribution in [3.05, 3.63) is 87.7 Å². The number of ether oxygens (including phenoxy) is 2. The number of carbonyl (C=O) groups excluding carboxylic acids is 2. The molecule has 8 heteroatoms. The highest BCUT2D eigenvalue weighted by Gasteiger charge is 2.52. The minimum Gasteiger partial charge on any atom is -0.465 e. The topological polar surface area (TPSA) is 64.6 Å². The monoisotopic (exact) mass is 535 g/mol. The Morgan fingerprint density at radius 2 is 1.68 bits per heavy atom. The van der Waals surface area contributed by atoms with Gasteiger partial charge in [-0.1, -0.05) is 54.6 Å². The average Bonchev–Trinajstić information content (AvgIpc) is 3.35. The number of hydrogen-bond donors (Lipinski definition) is 1. The predicted octanol–water partition coefficient (Wildman–Crippen LogP) is 8.19. The number of hydrogen-bond acceptors (Lipinski definition) is 6. The molecule has 0 bridgehead atoms. The highest BCUT2D eigenvalue weighted by molar-refractivity contribution is 7.14. The highest BCUT2D eigenvalue weighted by atomic mass is 32.1. The van der Waals surface area contributed by atoms with Crippen LogP contribution < -0.4 is 5.32 Å². The van der Waals surface area contributed by atoms with Crippen LogP contribution in [0.5, 0.6) is 0 Å². The largest absolute Gasteiger partial charge is 0.465 e. The molecule has 1 amide bonds. The van der Waals surface area contributed by atoms with E-state index in [4.69, 9.17) is 9.47 Å². The zero-order valence-corrected chi connectivity index (χ0v) is 22.1. The van der Waals surface area contributed by atoms with Gasteiger partial charge in [0.2, 0.25) is 0 Å². The third kappa shape index (κ3) is 5.31. The fourth-order valence-corrected chi connectivity index (χ4v) is 5.91. The van der Waals surface area contributed by atoms with Crippen molar-refractivity contribution in [3.63, 3.8) is 0 Å². The van der Waals surface area contributed by atoms with E-state index >= 15 is 0 Å². The molecule has 0 saturated heterocycles. The first-order chi connectivity index (χ1) is 17.9. The van der Waals surface area contributed by atoms with Gasteiger partial charge in [0.1, 0.15) is 6.10 Å². The lowest BCUT2D eigenvalue weighted by molar-refractivity contribution is -0.146. The van der Waals surface area contributed by atoms with Crippen LogP contribution >= 0.6 is 22.7 Å². The quantitative estimate of drug-likeness (QED) is 0.231. The molecule has 5 rings (SSSR count). The minimum absolute atomic E-state index is 0.149. The first-order valence-corrected chi connectivity index (χ1v) is 13.8. The third-order valence-corrected chi connectivity index (χ3v) is 8.51. The summed E-state index contributed by atoms with van der Waals surface area (Å²) in [4.78, 5) is 26.4. The molecule has 2 heterocycles. The molecule has 1 aliphatic rings. The lowest BCUT2D eigenvalue weighted by Crippen LogP contribution is -2.23. The van der Waals surface area contributed by atoms with Gasteiger partial charge in [-0.2, -0.15) is 4.39 Å². The van der Waals surface area contributed by atoms with Crippen LogP contribution in [0.2, 0.25) is 0 Å². The summed E-state index contributed by atoms with van der Waals surface area (Å²) in [5, 5.41) is 4.21. The Hall–Kier alpha value is -3.49. The molecule has 4 aromatic rings. The second-order valence-electron chi connectivity index (χ2n) is 8.94. The van der Waals surface area contributed by atoms with E-state index in [2.05, 4.69) is 5.32 Å². The fourth-order valence-electron chi connectivity index (χ4n) is 4.35. The van der Waals surface area contributed by atoms with Crippen LogP contribution in [0, 0.1) is 5.13 Å². The number of carbonyl (C=O) groups is 2. The summed E-state index contributed by atoms with van der Waals surface area (Å²) < 4.78 is 24.9. The molecule has 190 valence electrons. The molecule has 0 spiro atoms. The van der Waals surface area contributed by atoms with E-state index in [1.807, 2.05) is 73.0 Å². The number of amides is 1. The minimum atomic E-state index is -0.632. The van der Waals surface area contributed by atoms with Crippen molar-refractivity contribution >= 4 is 40.4 Å². The van der Waals surface area contributed by atoms with Gasteiger partial charge in [0, 0.05) is 10.9 Å². The average molecular weight is 536 g/mol. The molecule has 1 N–H and O–H groups in total. The Balaban J connectivity index is 1.29. The molecule has 0 aliphatic heterocycles. The van der Waals surface area contributed by atoms with E-state index in [1.54, 1.807) is 6.92 Å². The van der Waals surface area contributed by atoms with Gasteiger partial charge in [0.25, 0.3) is 0 Å². The van der Waals surface area contributed by atoms with Crippen LogP contribution in [-0.2, 0) is 19.7 Å². The zero-order valence-electron chi connectivity index (χ0n) is 20.5. The number of anilines is 1. The van der Waals surface area contributed by atoms with Crippen LogP contribution in [0.15, 0.2) is 72.1 Å². The van der Waals surface area contributed by atoms with Crippen LogP contribution in [0.3, 0.4) is 0 Å². The Morgan fingerprint density at radius 1 is 1.03 bits per heavy atom. The number of rotatable bonds is 8. The number of thiophene rings is 2. The Labute approximate surface area is 222 Å². The normalized spacial score (nSPS) is 14.6. The summed E-state index contributed by atoms with van der Waals surface area (Å²) in [6.45, 7) is 4.00. The van der Waals surface area contributed by atoms with E-state index in [1.165, 1.54) is 17.4 Å². The zero-order chi connectivity index (χ0) is 26.0. The lowest BCUT2D eigenvalue weighted by atomic mass is 9.93. The standard InChI is InChI=1S/C29H26FNO4S2/c1-3-34-27(32)29(14-15-29)22-12-10-20(11-13-22)19-6-8-21(9-7-19)26-23(17-25(30)37-26)31-28(33)35-18(2)24-5-4-16-36-24/h4-13,16-18H,3,14-15H2,1-2H3,(H,31,33)/t18-/m1/s1. The fraction of sp³-hybridized carbons (Fsp3) is 0.241. The number of benzene rings is 2. The van der Waals surface area contributed by atoms with Gasteiger partial charge in [-0.05, 0) is 60.4 Å². The second kappa shape index (κ2) is 10.5. The Morgan fingerprint density at radius 3 is 2.27 bits per heavy atom. The van der Waals surface area contributed by atoms with Crippen molar-refractivity contribution < 1.29 is 23.5 Å². The van der Waals surface area contributed by atoms with E-state index in [-0.39, 0.29) is 5.97 Å². The molecule has 37 heavy (non-hydrogen) atoms. The van der Waals surface area contributed by atoms with Crippen molar-refractivity contribution in [2.45, 2.75) is 38.2 Å². The first-order valence-electron chi connectivity index (χ1n) is 12.1. The van der Waals surface area contributed by atoms with Crippen LogP contribution in [0.1, 0.15) is 43.2 Å². The maximum Gasteiger partial charge on any atom is 0.412 e. The summed E-state index contributed by atoms with van der Waals surface area (Å²) >= 11 is 2.47. The molecule has 1 atom stereocenters. The van der Waals surface area contributed by atoms with Gasteiger partial charge < -0.3 is 9.47 Å². The van der Waals surface area contributed by atoms with Gasteiger partial charge in [-0.3, -0.25) is 10.1 Å². The summed E-state index contributed by atoms with van der Waals surface area (Å²) in [6.07, 6.45) is 0.597. The molecular weight excluding hydrogens is 509 g/mol. The van der Waals surface area contributed by atoms with Gasteiger partial charge in [0.15, 0.2) is 5.13 Å². The van der Waals surface area contributed by atoms with Crippen LogP contribution in [-0.4, -0.2) is 18.7 Å². The van der Waals surface area contributed by atoms with Crippen molar-refractivity contribution in [1.29, 1.82) is 0 Å².